The van der Waals surface area contributed by atoms with Gasteiger partial charge in [0.15, 0.2) is 5.78 Å². The molecule has 0 atom stereocenters. The Kier molecular flexibility index (Phi) is 3.33. The number of ketones is 1. The van der Waals surface area contributed by atoms with Gasteiger partial charge in [-0.1, -0.05) is 6.07 Å². The zero-order valence-corrected chi connectivity index (χ0v) is 9.98. The maximum absolute atomic E-state index is 13.4. The van der Waals surface area contributed by atoms with Crippen LogP contribution in [-0.4, -0.2) is 5.78 Å². The molecule has 0 saturated carbocycles. The van der Waals surface area contributed by atoms with Crippen LogP contribution >= 0.6 is 11.3 Å². The first-order chi connectivity index (χ1) is 8.08. The number of hydrogen-bond donors (Lipinski definition) is 0. The lowest BCUT2D eigenvalue weighted by Crippen LogP contribution is -2.05. The molecule has 0 aliphatic carbocycles. The zero-order chi connectivity index (χ0) is 12.4. The molecule has 1 heterocycles. The molecule has 0 unspecified atom stereocenters. The molecule has 1 aromatic heterocycles. The summed E-state index contributed by atoms with van der Waals surface area (Å²) in [6.45, 7) is 1.85. The number of benzene rings is 1. The van der Waals surface area contributed by atoms with Crippen LogP contribution < -0.4 is 0 Å². The van der Waals surface area contributed by atoms with E-state index in [-0.39, 0.29) is 17.8 Å². The molecule has 0 saturated heterocycles. The van der Waals surface area contributed by atoms with Gasteiger partial charge >= 0.3 is 0 Å². The third kappa shape index (κ3) is 2.58. The summed E-state index contributed by atoms with van der Waals surface area (Å²) in [6, 6.07) is 4.99. The number of carbonyl (C=O) groups excluding carboxylic acids is 1. The maximum Gasteiger partial charge on any atom is 0.168 e. The number of halogens is 2. The highest BCUT2D eigenvalue weighted by atomic mass is 32.1. The predicted octanol–water partition coefficient (Wildman–Crippen LogP) is 3.76. The highest BCUT2D eigenvalue weighted by molar-refractivity contribution is 7.10. The average Bonchev–Trinajstić information content (AvgIpc) is 2.68. The monoisotopic (exact) mass is 252 g/mol. The Hall–Kier alpha value is -1.55. The van der Waals surface area contributed by atoms with Crippen LogP contribution in [0.15, 0.2) is 29.6 Å². The highest BCUT2D eigenvalue weighted by Gasteiger charge is 2.13. The van der Waals surface area contributed by atoms with E-state index in [9.17, 15) is 13.6 Å². The van der Waals surface area contributed by atoms with Gasteiger partial charge in [-0.05, 0) is 30.0 Å². The molecule has 88 valence electrons. The fourth-order valence-electron chi connectivity index (χ4n) is 1.61. The van der Waals surface area contributed by atoms with E-state index in [1.807, 2.05) is 12.3 Å². The van der Waals surface area contributed by atoms with Gasteiger partial charge in [-0.25, -0.2) is 8.78 Å². The summed E-state index contributed by atoms with van der Waals surface area (Å²) in [7, 11) is 0. The Morgan fingerprint density at radius 2 is 2.06 bits per heavy atom. The van der Waals surface area contributed by atoms with Gasteiger partial charge in [-0.15, -0.1) is 11.3 Å². The predicted molar refractivity (Wildman–Crippen MR) is 63.4 cm³/mol. The number of aryl methyl sites for hydroxylation is 1. The summed E-state index contributed by atoms with van der Waals surface area (Å²) in [5, 5.41) is 1.82. The van der Waals surface area contributed by atoms with Crippen LogP contribution in [0.25, 0.3) is 0 Å². The molecule has 0 spiro atoms. The number of hydrogen-bond acceptors (Lipinski definition) is 2. The first-order valence-electron chi connectivity index (χ1n) is 5.09. The van der Waals surface area contributed by atoms with Crippen LogP contribution in [0.3, 0.4) is 0 Å². The number of Topliss-reactive ketones (excluding diaryl/α,β-unsaturated/α-hetero) is 1. The number of rotatable bonds is 3. The van der Waals surface area contributed by atoms with Crippen LogP contribution in [0.5, 0.6) is 0 Å². The minimum absolute atomic E-state index is 0.0380. The van der Waals surface area contributed by atoms with E-state index in [4.69, 9.17) is 0 Å². The second-order valence-corrected chi connectivity index (χ2v) is 4.85. The van der Waals surface area contributed by atoms with Crippen molar-refractivity contribution in [2.75, 3.05) is 0 Å². The summed E-state index contributed by atoms with van der Waals surface area (Å²) in [4.78, 5) is 12.8. The van der Waals surface area contributed by atoms with E-state index in [1.165, 1.54) is 17.4 Å². The van der Waals surface area contributed by atoms with Crippen molar-refractivity contribution in [2.24, 2.45) is 0 Å². The lowest BCUT2D eigenvalue weighted by Gasteiger charge is -2.02. The Morgan fingerprint density at radius 3 is 2.65 bits per heavy atom. The Bertz CT molecular complexity index is 560. The normalized spacial score (nSPS) is 10.5. The molecular formula is C13H10F2OS. The fraction of sp³-hybridized carbons (Fsp3) is 0.154. The van der Waals surface area contributed by atoms with Gasteiger partial charge in [0.25, 0.3) is 0 Å². The summed E-state index contributed by atoms with van der Waals surface area (Å²) in [6.07, 6.45) is -0.0380. The number of thiophene rings is 1. The smallest absolute Gasteiger partial charge is 0.168 e. The summed E-state index contributed by atoms with van der Waals surface area (Å²) in [5.41, 5.74) is 0.834. The van der Waals surface area contributed by atoms with Crippen LogP contribution in [0, 0.1) is 18.6 Å². The van der Waals surface area contributed by atoms with Crippen molar-refractivity contribution in [3.8, 4) is 0 Å². The van der Waals surface area contributed by atoms with Gasteiger partial charge in [0, 0.05) is 22.9 Å². The Morgan fingerprint density at radius 1 is 1.29 bits per heavy atom. The summed E-state index contributed by atoms with van der Waals surface area (Å²) in [5.74, 6) is -1.45. The van der Waals surface area contributed by atoms with Crippen LogP contribution in [-0.2, 0) is 6.42 Å². The van der Waals surface area contributed by atoms with E-state index in [0.29, 0.717) is 5.56 Å². The molecule has 0 aliphatic rings. The van der Waals surface area contributed by atoms with E-state index >= 15 is 0 Å². The molecule has 2 aromatic rings. The fourth-order valence-corrected chi connectivity index (χ4v) is 2.32. The molecule has 0 bridgehead atoms. The van der Waals surface area contributed by atoms with Crippen LogP contribution in [0.1, 0.15) is 20.8 Å². The van der Waals surface area contributed by atoms with E-state index in [1.54, 1.807) is 6.07 Å². The Balaban J connectivity index is 2.22. The average molecular weight is 252 g/mol. The SMILES string of the molecule is Cc1sccc1C(=O)Cc1ccc(F)cc1F. The standard InChI is InChI=1S/C13H10F2OS/c1-8-11(4-5-17-8)13(16)6-9-2-3-10(14)7-12(9)15/h2-5,7H,6H2,1H3. The second-order valence-electron chi connectivity index (χ2n) is 3.73. The lowest BCUT2D eigenvalue weighted by atomic mass is 10.0. The van der Waals surface area contributed by atoms with Crippen molar-refractivity contribution in [1.82, 2.24) is 0 Å². The molecule has 0 N–H and O–H groups in total. The van der Waals surface area contributed by atoms with Crippen molar-refractivity contribution < 1.29 is 13.6 Å². The van der Waals surface area contributed by atoms with Crippen LogP contribution in [0.2, 0.25) is 0 Å². The number of carbonyl (C=O) groups is 1. The summed E-state index contributed by atoms with van der Waals surface area (Å²) >= 11 is 1.48. The molecule has 0 fully saturated rings. The van der Waals surface area contributed by atoms with E-state index in [0.717, 1.165) is 17.0 Å². The molecule has 0 aliphatic heterocycles. The maximum atomic E-state index is 13.4. The van der Waals surface area contributed by atoms with Crippen molar-refractivity contribution in [1.29, 1.82) is 0 Å². The van der Waals surface area contributed by atoms with Crippen LogP contribution in [0.4, 0.5) is 8.78 Å². The third-order valence-electron chi connectivity index (χ3n) is 2.53. The van der Waals surface area contributed by atoms with E-state index < -0.39 is 11.6 Å². The van der Waals surface area contributed by atoms with Crippen molar-refractivity contribution in [2.45, 2.75) is 13.3 Å². The van der Waals surface area contributed by atoms with E-state index in [2.05, 4.69) is 0 Å². The minimum atomic E-state index is -0.675. The molecule has 4 heteroatoms. The Labute approximate surface area is 102 Å². The van der Waals surface area contributed by atoms with Gasteiger partial charge in [0.2, 0.25) is 0 Å². The van der Waals surface area contributed by atoms with Crippen molar-refractivity contribution in [3.05, 3.63) is 57.3 Å². The van der Waals surface area contributed by atoms with Gasteiger partial charge in [0.1, 0.15) is 11.6 Å². The highest BCUT2D eigenvalue weighted by Crippen LogP contribution is 2.18. The molecule has 1 nitrogen and oxygen atoms in total. The topological polar surface area (TPSA) is 17.1 Å². The largest absolute Gasteiger partial charge is 0.294 e. The minimum Gasteiger partial charge on any atom is -0.294 e. The molecule has 1 aromatic carbocycles. The zero-order valence-electron chi connectivity index (χ0n) is 9.17. The third-order valence-corrected chi connectivity index (χ3v) is 3.37. The van der Waals surface area contributed by atoms with Gasteiger partial charge in [-0.2, -0.15) is 0 Å². The van der Waals surface area contributed by atoms with Gasteiger partial charge in [-0.3, -0.25) is 4.79 Å². The van der Waals surface area contributed by atoms with Gasteiger partial charge in [0.05, 0.1) is 0 Å². The van der Waals surface area contributed by atoms with Crippen molar-refractivity contribution in [3.63, 3.8) is 0 Å². The summed E-state index contributed by atoms with van der Waals surface area (Å²) < 4.78 is 26.1. The molecule has 0 amide bonds. The first-order valence-corrected chi connectivity index (χ1v) is 5.97. The quantitative estimate of drug-likeness (QED) is 0.760. The molecular weight excluding hydrogens is 242 g/mol. The molecule has 17 heavy (non-hydrogen) atoms. The molecule has 0 radical (unpaired) electrons. The lowest BCUT2D eigenvalue weighted by molar-refractivity contribution is 0.0991. The second kappa shape index (κ2) is 4.75. The first kappa shape index (κ1) is 11.9. The molecule has 2 rings (SSSR count). The van der Waals surface area contributed by atoms with Crippen molar-refractivity contribution >= 4 is 17.1 Å². The van der Waals surface area contributed by atoms with Gasteiger partial charge < -0.3 is 0 Å².